The Balaban J connectivity index is 1.01. The van der Waals surface area contributed by atoms with E-state index in [0.717, 1.165) is 85.6 Å². The number of hydrogen-bond donors (Lipinski definition) is 0. The molecule has 0 aliphatic carbocycles. The number of carbonyl (C=O) groups excluding carboxylic acids is 1. The van der Waals surface area contributed by atoms with E-state index in [0.29, 0.717) is 26.1 Å². The summed E-state index contributed by atoms with van der Waals surface area (Å²) in [6.45, 7) is 7.06. The minimum Gasteiger partial charge on any atom is -0.494 e. The van der Waals surface area contributed by atoms with Crippen LogP contribution in [0.1, 0.15) is 109 Å². The van der Waals surface area contributed by atoms with Crippen molar-refractivity contribution >= 4 is 36.5 Å². The molecule has 4 rings (SSSR count). The second-order valence-electron chi connectivity index (χ2n) is 14.1. The number of hydrogen-bond acceptors (Lipinski definition) is 11. The zero-order valence-corrected chi connectivity index (χ0v) is 35.5. The van der Waals surface area contributed by atoms with Crippen LogP contribution in [0.5, 0.6) is 11.5 Å². The lowest BCUT2D eigenvalue weighted by atomic mass is 10.1. The Kier molecular flexibility index (Phi) is 21.5. The van der Waals surface area contributed by atoms with Gasteiger partial charge in [0.1, 0.15) is 11.5 Å². The number of unbranched alkanes of at least 4 members (excludes halogenated alkanes) is 8. The smallest absolute Gasteiger partial charge is 0.494 e. The molecule has 11 nitrogen and oxygen atoms in total. The van der Waals surface area contributed by atoms with Crippen LogP contribution in [-0.2, 0) is 35.8 Å². The molecule has 0 atom stereocenters. The Morgan fingerprint density at radius 1 is 0.466 bits per heavy atom. The number of nitrogens with zero attached hydrogens (tertiary/aromatic N) is 4. The first-order valence-electron chi connectivity index (χ1n) is 20.9. The molecule has 312 valence electrons. The third-order valence-corrected chi connectivity index (χ3v) is 10.6. The minimum atomic E-state index is -3.97. The van der Waals surface area contributed by atoms with Crippen LogP contribution >= 0.6 is 7.82 Å². The third kappa shape index (κ3) is 19.2. The summed E-state index contributed by atoms with van der Waals surface area (Å²) in [7, 11) is -3.97. The van der Waals surface area contributed by atoms with Crippen LogP contribution in [0.15, 0.2) is 118 Å². The van der Waals surface area contributed by atoms with Crippen LogP contribution in [0.2, 0.25) is 0 Å². The molecule has 0 unspecified atom stereocenters. The first-order valence-corrected chi connectivity index (χ1v) is 22.4. The number of ether oxygens (including phenoxy) is 2. The summed E-state index contributed by atoms with van der Waals surface area (Å²) in [6, 6.07) is 31.5. The summed E-state index contributed by atoms with van der Waals surface area (Å²) in [5.74, 6) is 0.845. The predicted molar refractivity (Wildman–Crippen MR) is 231 cm³/mol. The molecule has 0 spiro atoms. The van der Waals surface area contributed by atoms with E-state index in [-0.39, 0.29) is 13.2 Å². The summed E-state index contributed by atoms with van der Waals surface area (Å²) in [5.41, 5.74) is 5.82. The zero-order chi connectivity index (χ0) is 41.1. The molecule has 0 saturated carbocycles. The summed E-state index contributed by atoms with van der Waals surface area (Å²) in [6.07, 6.45) is 13.4. The Hall–Kier alpha value is -4.70. The molecule has 58 heavy (non-hydrogen) atoms. The number of phosphoric acid groups is 1. The van der Waals surface area contributed by atoms with E-state index >= 15 is 0 Å². The standard InChI is InChI=1S/C46H61N4O7P/c1-4-6-16-39-18-22-41(23-19-39)47-49-43-26-30-45(31-27-43)53-34-12-8-10-14-36-55-58(52,57-38(3)51)56-37-15-11-9-13-35-54-46-32-28-44(29-33-46)50-48-42-24-20-40(21-25-42)17-7-5-2/h18-33H,4-17,34-37H2,1-3H3. The molecule has 4 aromatic carbocycles. The van der Waals surface area contributed by atoms with Gasteiger partial charge >= 0.3 is 13.8 Å². The maximum Gasteiger partial charge on any atom is 0.532 e. The number of rotatable bonds is 29. The highest BCUT2D eigenvalue weighted by Gasteiger charge is 2.29. The van der Waals surface area contributed by atoms with Crippen molar-refractivity contribution in [1.82, 2.24) is 0 Å². The molecule has 0 fully saturated rings. The summed E-state index contributed by atoms with van der Waals surface area (Å²) < 4.78 is 40.6. The monoisotopic (exact) mass is 812 g/mol. The average Bonchev–Trinajstić information content (AvgIpc) is 3.24. The van der Waals surface area contributed by atoms with E-state index in [2.05, 4.69) is 58.6 Å². The number of carbonyl (C=O) groups is 1. The minimum absolute atomic E-state index is 0.165. The second kappa shape index (κ2) is 27.1. The van der Waals surface area contributed by atoms with E-state index in [1.165, 1.54) is 43.7 Å². The lowest BCUT2D eigenvalue weighted by molar-refractivity contribution is -0.133. The van der Waals surface area contributed by atoms with Gasteiger partial charge < -0.3 is 14.0 Å². The molecule has 0 N–H and O–H groups in total. The SMILES string of the molecule is CCCCc1ccc(N=Nc2ccc(OCCCCCCOP(=O)(OCCCCCCOc3ccc(N=Nc4ccc(CCCC)cc4)cc3)OC(C)=O)cc2)cc1. The predicted octanol–water partition coefficient (Wildman–Crippen LogP) is 14.5. The van der Waals surface area contributed by atoms with Gasteiger partial charge in [0, 0.05) is 6.92 Å². The Labute approximate surface area is 345 Å². The van der Waals surface area contributed by atoms with Gasteiger partial charge in [-0.2, -0.15) is 20.5 Å². The van der Waals surface area contributed by atoms with Crippen molar-refractivity contribution in [3.8, 4) is 11.5 Å². The van der Waals surface area contributed by atoms with Gasteiger partial charge in [-0.3, -0.25) is 13.8 Å². The molecule has 4 aromatic rings. The van der Waals surface area contributed by atoms with Gasteiger partial charge in [-0.15, -0.1) is 0 Å². The Morgan fingerprint density at radius 2 is 0.793 bits per heavy atom. The van der Waals surface area contributed by atoms with Crippen LogP contribution in [0.3, 0.4) is 0 Å². The van der Waals surface area contributed by atoms with E-state index in [1.54, 1.807) is 0 Å². The Bertz CT molecular complexity index is 1710. The fraction of sp³-hybridized carbons (Fsp3) is 0.457. The topological polar surface area (TPSA) is 130 Å². The highest BCUT2D eigenvalue weighted by atomic mass is 31.2. The molecule has 0 saturated heterocycles. The van der Waals surface area contributed by atoms with Gasteiger partial charge in [0.25, 0.3) is 0 Å². The summed E-state index contributed by atoms with van der Waals surface area (Å²) in [5, 5.41) is 17.3. The molecule has 0 heterocycles. The molecule has 0 bridgehead atoms. The van der Waals surface area contributed by atoms with E-state index < -0.39 is 13.8 Å². The molecular weight excluding hydrogens is 752 g/mol. The average molecular weight is 813 g/mol. The second-order valence-corrected chi connectivity index (χ2v) is 15.7. The van der Waals surface area contributed by atoms with Crippen molar-refractivity contribution in [2.24, 2.45) is 20.5 Å². The molecule has 0 aliphatic heterocycles. The van der Waals surface area contributed by atoms with Crippen LogP contribution in [-0.4, -0.2) is 32.4 Å². The zero-order valence-electron chi connectivity index (χ0n) is 34.6. The number of azo groups is 2. The summed E-state index contributed by atoms with van der Waals surface area (Å²) >= 11 is 0. The van der Waals surface area contributed by atoms with Crippen molar-refractivity contribution < 1.29 is 32.4 Å². The van der Waals surface area contributed by atoms with Gasteiger partial charge in [-0.25, -0.2) is 4.57 Å². The third-order valence-electron chi connectivity index (χ3n) is 9.10. The van der Waals surface area contributed by atoms with E-state index in [1.807, 2.05) is 72.8 Å². The van der Waals surface area contributed by atoms with Crippen LogP contribution in [0, 0.1) is 0 Å². The lowest BCUT2D eigenvalue weighted by Gasteiger charge is -2.16. The fourth-order valence-electron chi connectivity index (χ4n) is 5.76. The number of phosphoric ester groups is 1. The molecule has 0 aliphatic rings. The molecule has 0 aromatic heterocycles. The van der Waals surface area contributed by atoms with E-state index in [9.17, 15) is 9.36 Å². The van der Waals surface area contributed by atoms with Gasteiger partial charge in [0.2, 0.25) is 0 Å². The highest BCUT2D eigenvalue weighted by Crippen LogP contribution is 2.50. The quantitative estimate of drug-likeness (QED) is 0.0303. The largest absolute Gasteiger partial charge is 0.532 e. The molecular formula is C46H61N4O7P. The summed E-state index contributed by atoms with van der Waals surface area (Å²) in [4.78, 5) is 11.6. The Morgan fingerprint density at radius 3 is 1.12 bits per heavy atom. The first kappa shape index (κ1) is 46.0. The van der Waals surface area contributed by atoms with Crippen molar-refractivity contribution in [2.45, 2.75) is 111 Å². The van der Waals surface area contributed by atoms with Crippen LogP contribution in [0.4, 0.5) is 22.7 Å². The fourth-order valence-corrected chi connectivity index (χ4v) is 6.97. The van der Waals surface area contributed by atoms with Crippen molar-refractivity contribution in [2.75, 3.05) is 26.4 Å². The number of benzene rings is 4. The maximum absolute atomic E-state index is 13.0. The molecule has 0 radical (unpaired) electrons. The van der Waals surface area contributed by atoms with Crippen LogP contribution < -0.4 is 9.47 Å². The van der Waals surface area contributed by atoms with Gasteiger partial charge in [-0.1, -0.05) is 63.8 Å². The first-order chi connectivity index (χ1) is 28.3. The number of aryl methyl sites for hydroxylation is 2. The maximum atomic E-state index is 13.0. The van der Waals surface area contributed by atoms with Gasteiger partial charge in [0.05, 0.1) is 49.2 Å². The van der Waals surface area contributed by atoms with Crippen molar-refractivity contribution in [3.63, 3.8) is 0 Å². The van der Waals surface area contributed by atoms with E-state index in [4.69, 9.17) is 23.0 Å². The molecule has 0 amide bonds. The molecule has 12 heteroatoms. The van der Waals surface area contributed by atoms with Crippen LogP contribution in [0.25, 0.3) is 0 Å². The van der Waals surface area contributed by atoms with Gasteiger partial charge in [-0.05, 0) is 148 Å². The normalized spacial score (nSPS) is 12.5. The highest BCUT2D eigenvalue weighted by molar-refractivity contribution is 7.49. The lowest BCUT2D eigenvalue weighted by Crippen LogP contribution is -2.06. The van der Waals surface area contributed by atoms with Crippen molar-refractivity contribution in [3.05, 3.63) is 108 Å². The van der Waals surface area contributed by atoms with Crippen molar-refractivity contribution in [1.29, 1.82) is 0 Å². The van der Waals surface area contributed by atoms with Gasteiger partial charge in [0.15, 0.2) is 0 Å².